The van der Waals surface area contributed by atoms with Crippen molar-refractivity contribution < 1.29 is 243 Å². The van der Waals surface area contributed by atoms with Crippen LogP contribution in [0.1, 0.15) is 70.6 Å². The van der Waals surface area contributed by atoms with Gasteiger partial charge in [0, 0.05) is 0 Å². The van der Waals surface area contributed by atoms with E-state index in [0.29, 0.717) is 0 Å². The van der Waals surface area contributed by atoms with E-state index < -0.39 is 259 Å². The molecule has 10 atom stereocenters. The van der Waals surface area contributed by atoms with E-state index in [4.69, 9.17) is 10.5 Å². The highest BCUT2D eigenvalue weighted by atomic mass is 17.3. The summed E-state index contributed by atoms with van der Waals surface area (Å²) < 4.78 is 14.0. The van der Waals surface area contributed by atoms with Gasteiger partial charge < -0.3 is 55.7 Å². The Morgan fingerprint density at radius 2 is 0.663 bits per heavy atom. The van der Waals surface area contributed by atoms with Crippen LogP contribution < -0.4 is 11.1 Å². The number of fused-ring (bicyclic) bond motifs is 15. The summed E-state index contributed by atoms with van der Waals surface area (Å²) >= 11 is 0. The van der Waals surface area contributed by atoms with Gasteiger partial charge in [-0.25, -0.2) is 184 Å². The molecule has 10 unspecified atom stereocenters. The molecule has 6 aliphatic heterocycles. The van der Waals surface area contributed by atoms with Crippen LogP contribution in [0, 0.1) is 0 Å². The van der Waals surface area contributed by atoms with Crippen molar-refractivity contribution in [3.05, 3.63) is 0 Å². The van der Waals surface area contributed by atoms with Crippen LogP contribution in [-0.4, -0.2) is 224 Å². The van der Waals surface area contributed by atoms with Crippen LogP contribution in [0.5, 0.6) is 0 Å². The monoisotopic (exact) mass is 1380 g/mol. The summed E-state index contributed by atoms with van der Waals surface area (Å²) in [5.41, 5.74) is -30.2. The number of rotatable bonds is 9. The van der Waals surface area contributed by atoms with E-state index in [1.165, 1.54) is 0 Å². The lowest BCUT2D eigenvalue weighted by Crippen LogP contribution is -2.75. The second kappa shape index (κ2) is 27.0. The molecule has 6 bridgehead atoms. The normalized spacial score (nSPS) is 31.6. The van der Waals surface area contributed by atoms with Crippen molar-refractivity contribution >= 4 is 131 Å². The third kappa shape index (κ3) is 15.6. The largest absolute Gasteiger partial charge is 0.446 e. The Labute approximate surface area is 513 Å². The molecule has 10 N–H and O–H groups in total. The smallest absolute Gasteiger partial charge is 0.423 e. The van der Waals surface area contributed by atoms with Gasteiger partial charge in [-0.2, -0.15) is 0 Å². The van der Waals surface area contributed by atoms with Crippen LogP contribution >= 0.6 is 0 Å². The van der Waals surface area contributed by atoms with Crippen LogP contribution in [0.3, 0.4) is 0 Å². The Bertz CT molecular complexity index is 3420. The highest BCUT2D eigenvalue weighted by Gasteiger charge is 2.72. The molecular formula is C43H34N2O50. The van der Waals surface area contributed by atoms with Gasteiger partial charge in [0.1, 0.15) is 0 Å². The van der Waals surface area contributed by atoms with E-state index in [1.807, 2.05) is 0 Å². The molecule has 6 fully saturated rings. The van der Waals surface area contributed by atoms with E-state index in [0.717, 1.165) is 5.32 Å². The third-order valence-corrected chi connectivity index (χ3v) is 12.4. The van der Waals surface area contributed by atoms with Gasteiger partial charge in [-0.05, 0) is 0 Å². The number of nitrogens with two attached hydrogens (primary N) is 1. The van der Waals surface area contributed by atoms with Crippen LogP contribution in [0.4, 0.5) is 4.79 Å². The van der Waals surface area contributed by atoms with E-state index in [9.17, 15) is 141 Å². The number of ether oxygens (including phenoxy) is 3. The lowest BCUT2D eigenvalue weighted by atomic mass is 9.85. The Morgan fingerprint density at radius 1 is 0.379 bits per heavy atom. The van der Waals surface area contributed by atoms with Gasteiger partial charge in [-0.3, -0.25) is 14.9 Å². The van der Waals surface area contributed by atoms with Crippen molar-refractivity contribution in [1.29, 1.82) is 0 Å². The van der Waals surface area contributed by atoms with Gasteiger partial charge in [0.05, 0.1) is 70.6 Å². The first-order valence-corrected chi connectivity index (χ1v) is 24.5. The lowest BCUT2D eigenvalue weighted by molar-refractivity contribution is -0.313. The minimum Gasteiger partial charge on any atom is -0.446 e. The fourth-order valence-corrected chi connectivity index (χ4v) is 7.82. The summed E-state index contributed by atoms with van der Waals surface area (Å²) in [5, 5.41) is 81.1. The molecule has 516 valence electrons. The summed E-state index contributed by atoms with van der Waals surface area (Å²) in [6.07, 6.45) is -32.7. The number of hydrogen-bond donors (Lipinski definition) is 9. The van der Waals surface area contributed by atoms with E-state index >= 15 is 0 Å². The minimum absolute atomic E-state index is 0.929. The first-order chi connectivity index (χ1) is 44.0. The summed E-state index contributed by atoms with van der Waals surface area (Å²) in [7, 11) is 0. The molecule has 6 heterocycles. The summed E-state index contributed by atoms with van der Waals surface area (Å²) in [6.45, 7) is 0. The Balaban J connectivity index is 1.55. The van der Waals surface area contributed by atoms with E-state index in [1.54, 1.807) is 0 Å². The first-order valence-electron chi connectivity index (χ1n) is 24.5. The molecule has 0 aromatic rings. The van der Waals surface area contributed by atoms with Crippen LogP contribution in [0.2, 0.25) is 0 Å². The molecule has 52 nitrogen and oxygen atoms in total. The maximum atomic E-state index is 14.7. The highest BCUT2D eigenvalue weighted by Crippen LogP contribution is 2.37. The van der Waals surface area contributed by atoms with Gasteiger partial charge in [0.15, 0.2) is 22.4 Å². The first kappa shape index (κ1) is 71.9. The predicted octanol–water partition coefficient (Wildman–Crippen LogP) is -12.8. The fourth-order valence-electron chi connectivity index (χ4n) is 7.82. The zero-order valence-electron chi connectivity index (χ0n) is 45.7. The van der Waals surface area contributed by atoms with Crippen molar-refractivity contribution in [3.8, 4) is 0 Å². The molecule has 6 rings (SSSR count). The van der Waals surface area contributed by atoms with Crippen molar-refractivity contribution in [3.63, 3.8) is 0 Å². The van der Waals surface area contributed by atoms with Crippen LogP contribution in [-0.2, 0) is 203 Å². The zero-order chi connectivity index (χ0) is 71.2. The number of nitrogens with one attached hydrogen (secondary N) is 1. The molecule has 0 aromatic carbocycles. The van der Waals surface area contributed by atoms with Gasteiger partial charge in [-0.1, -0.05) is 0 Å². The average molecular weight is 1380 g/mol. The average Bonchev–Trinajstić information content (AvgIpc) is 0.741. The van der Waals surface area contributed by atoms with Crippen molar-refractivity contribution in [2.45, 2.75) is 128 Å². The topological polar surface area (TPSA) is 749 Å². The fraction of sp³-hybridized carbons (Fsp3) is 0.488. The number of primary amides is 1. The molecule has 6 aliphatic rings. The van der Waals surface area contributed by atoms with Crippen molar-refractivity contribution in [2.75, 3.05) is 0 Å². The second-order valence-corrected chi connectivity index (χ2v) is 19.6. The number of esters is 3. The molecule has 6 saturated heterocycles. The highest BCUT2D eigenvalue weighted by molar-refractivity contribution is 6.03. The molecular weight excluding hydrogens is 1340 g/mol. The molecule has 95 heavy (non-hydrogen) atoms. The maximum Gasteiger partial charge on any atom is 0.423 e. The van der Waals surface area contributed by atoms with Gasteiger partial charge >= 0.3 is 137 Å². The van der Waals surface area contributed by atoms with Crippen LogP contribution in [0.15, 0.2) is 0 Å². The second-order valence-electron chi connectivity index (χ2n) is 19.6. The number of amides is 2. The standard InChI is InChI=1S/C43H34N2O50/c44-35(67)45-43(34(66)95-86-19(53)8-39(71)5-16(50)80-83-22(56)11-42(43,74)33(65)94-91-30(39)62)77-13(47)2-36(68,27(59)76-24-26(58)88-85-18(52)7-38(70)4-15(49)79-82-21(55)10-41(24,73)32(64)93-90-29(38)61)1-12(46)75-23-25(57)87-84-17(51)6-37(69)3-14(48)78-81-20(54)9-40(23,72)31(63)92-89-28(37)60/h23-24,68-74H,1-11H2,(H3,44,45,67). The molecule has 2 amide bonds. The Kier molecular flexibility index (Phi) is 20.4. The molecule has 52 heteroatoms. The van der Waals surface area contributed by atoms with Crippen LogP contribution in [0.25, 0.3) is 0 Å². The Morgan fingerprint density at radius 3 is 1.03 bits per heavy atom. The molecule has 0 radical (unpaired) electrons. The molecule has 0 spiro atoms. The molecule has 0 saturated carbocycles. The minimum atomic E-state index is -5.09. The number of aliphatic hydroxyl groups is 7. The molecule has 0 aliphatic carbocycles. The SMILES string of the molecule is NC(=O)NC1(OC(=O)CC(O)(CC(=O)OC2C(=O)OOC(=O)CC3(O)CC(=O)OOC(=O)CC2(O)C(=O)OOC3=O)C(=O)OC2C(=O)OOC(=O)CC3(O)CC(=O)OOC(=O)CC2(O)C(=O)OOC3=O)C(=O)OOC(=O)CC2(O)CC(=O)OOC(=O)CC1(O)C(=O)OOC2=O. The predicted molar refractivity (Wildman–Crippen MR) is 236 cm³/mol. The number of hydrogen-bond acceptors (Lipinski definition) is 50. The summed E-state index contributed by atoms with van der Waals surface area (Å²) in [5.74, 6) is -53.7. The molecule has 0 aromatic heterocycles. The van der Waals surface area contributed by atoms with Crippen molar-refractivity contribution in [2.24, 2.45) is 5.73 Å². The van der Waals surface area contributed by atoms with Gasteiger partial charge in [0.2, 0.25) is 29.0 Å². The number of urea groups is 1. The summed E-state index contributed by atoms with van der Waals surface area (Å²) in [4.78, 5) is 366. The van der Waals surface area contributed by atoms with Gasteiger partial charge in [0.25, 0.3) is 0 Å². The zero-order valence-corrected chi connectivity index (χ0v) is 45.7. The quantitative estimate of drug-likeness (QED) is 0.0448. The third-order valence-electron chi connectivity index (χ3n) is 12.4. The van der Waals surface area contributed by atoms with E-state index in [2.05, 4.69) is 97.5 Å². The number of carbonyl (C=O) groups is 22. The Hall–Kier alpha value is -12.1. The summed E-state index contributed by atoms with van der Waals surface area (Å²) in [6, 6.07) is -2.49. The van der Waals surface area contributed by atoms with Crippen molar-refractivity contribution in [1.82, 2.24) is 5.32 Å². The van der Waals surface area contributed by atoms with Gasteiger partial charge in [-0.15, -0.1) is 0 Å². The number of carbonyl (C=O) groups excluding carboxylic acids is 22. The lowest BCUT2D eigenvalue weighted by Gasteiger charge is -2.40. The maximum absolute atomic E-state index is 14.7. The van der Waals surface area contributed by atoms with E-state index in [-0.39, 0.29) is 0 Å².